The van der Waals surface area contributed by atoms with E-state index in [0.717, 1.165) is 0 Å². The van der Waals surface area contributed by atoms with Gasteiger partial charge in [-0.2, -0.15) is 0 Å². The third-order valence-electron chi connectivity index (χ3n) is 3.63. The molecule has 22 heavy (non-hydrogen) atoms. The Morgan fingerprint density at radius 2 is 2.00 bits per heavy atom. The number of rotatable bonds is 7. The highest BCUT2D eigenvalue weighted by Crippen LogP contribution is 2.47. The van der Waals surface area contributed by atoms with Gasteiger partial charge in [0.05, 0.1) is 15.7 Å². The summed E-state index contributed by atoms with van der Waals surface area (Å²) in [5, 5.41) is 6.10. The number of ether oxygens (including phenoxy) is 1. The van der Waals surface area contributed by atoms with Gasteiger partial charge >= 0.3 is 0 Å². The van der Waals surface area contributed by atoms with Crippen LogP contribution in [0.3, 0.4) is 0 Å². The van der Waals surface area contributed by atoms with Crippen molar-refractivity contribution in [1.82, 2.24) is 5.32 Å². The Bertz CT molecular complexity index is 574. The molecule has 0 radical (unpaired) electrons. The Morgan fingerprint density at radius 3 is 2.64 bits per heavy atom. The van der Waals surface area contributed by atoms with E-state index in [9.17, 15) is 9.59 Å². The van der Waals surface area contributed by atoms with Crippen molar-refractivity contribution >= 4 is 40.7 Å². The third-order valence-corrected chi connectivity index (χ3v) is 4.45. The van der Waals surface area contributed by atoms with Gasteiger partial charge in [0.15, 0.2) is 0 Å². The molecule has 2 N–H and O–H groups in total. The number of hydrogen-bond donors (Lipinski definition) is 2. The molecule has 0 heterocycles. The van der Waals surface area contributed by atoms with Gasteiger partial charge in [0, 0.05) is 20.3 Å². The highest BCUT2D eigenvalue weighted by atomic mass is 35.5. The van der Waals surface area contributed by atoms with Crippen molar-refractivity contribution in [2.24, 2.45) is 5.41 Å². The number of benzene rings is 1. The first-order chi connectivity index (χ1) is 10.5. The minimum Gasteiger partial charge on any atom is -0.385 e. The topological polar surface area (TPSA) is 67.4 Å². The Labute approximate surface area is 139 Å². The van der Waals surface area contributed by atoms with Crippen molar-refractivity contribution in [1.29, 1.82) is 0 Å². The molecular weight excluding hydrogens is 327 g/mol. The molecule has 2 rings (SSSR count). The predicted octanol–water partition coefficient (Wildman–Crippen LogP) is 2.86. The Kier molecular flexibility index (Phi) is 5.67. The molecule has 5 nitrogen and oxygen atoms in total. The van der Waals surface area contributed by atoms with Gasteiger partial charge < -0.3 is 15.4 Å². The first-order valence-corrected chi connectivity index (χ1v) is 7.79. The molecule has 0 atom stereocenters. The van der Waals surface area contributed by atoms with Gasteiger partial charge in [-0.1, -0.05) is 29.3 Å². The van der Waals surface area contributed by atoms with Crippen LogP contribution >= 0.6 is 23.2 Å². The molecule has 1 aromatic rings. The summed E-state index contributed by atoms with van der Waals surface area (Å²) in [6, 6.07) is 4.97. The number of carbonyl (C=O) groups is 2. The predicted molar refractivity (Wildman–Crippen MR) is 86.3 cm³/mol. The molecule has 120 valence electrons. The van der Waals surface area contributed by atoms with Crippen LogP contribution in [0.2, 0.25) is 10.0 Å². The van der Waals surface area contributed by atoms with Gasteiger partial charge in [0.2, 0.25) is 11.8 Å². The number of hydrogen-bond acceptors (Lipinski definition) is 3. The van der Waals surface area contributed by atoms with E-state index in [2.05, 4.69) is 10.6 Å². The van der Waals surface area contributed by atoms with E-state index in [-0.39, 0.29) is 16.8 Å². The third kappa shape index (κ3) is 3.72. The molecule has 0 unspecified atom stereocenters. The van der Waals surface area contributed by atoms with Crippen LogP contribution in [0, 0.1) is 5.41 Å². The first-order valence-electron chi connectivity index (χ1n) is 7.04. The standard InChI is InChI=1S/C15H18Cl2N2O3/c1-22-9-3-8-18-13(20)15(6-7-15)14(21)19-11-5-2-4-10(16)12(11)17/h2,4-5H,3,6-9H2,1H3,(H,18,20)(H,19,21). The number of halogens is 2. The number of amides is 2. The van der Waals surface area contributed by atoms with E-state index < -0.39 is 5.41 Å². The summed E-state index contributed by atoms with van der Waals surface area (Å²) in [5.41, 5.74) is -0.573. The molecule has 1 fully saturated rings. The van der Waals surface area contributed by atoms with Gasteiger partial charge in [-0.15, -0.1) is 0 Å². The summed E-state index contributed by atoms with van der Waals surface area (Å²) in [6.07, 6.45) is 1.78. The zero-order valence-corrected chi connectivity index (χ0v) is 13.8. The molecule has 0 bridgehead atoms. The lowest BCUT2D eigenvalue weighted by atomic mass is 10.0. The van der Waals surface area contributed by atoms with Crippen molar-refractivity contribution in [2.45, 2.75) is 19.3 Å². The lowest BCUT2D eigenvalue weighted by Gasteiger charge is -2.16. The van der Waals surface area contributed by atoms with Crippen LogP contribution in [0.5, 0.6) is 0 Å². The van der Waals surface area contributed by atoms with Crippen molar-refractivity contribution in [3.63, 3.8) is 0 Å². The van der Waals surface area contributed by atoms with Crippen molar-refractivity contribution in [3.05, 3.63) is 28.2 Å². The van der Waals surface area contributed by atoms with Crippen LogP contribution in [0.25, 0.3) is 0 Å². The molecule has 1 aromatic carbocycles. The number of anilines is 1. The lowest BCUT2D eigenvalue weighted by molar-refractivity contribution is -0.134. The summed E-state index contributed by atoms with van der Waals surface area (Å²) in [6.45, 7) is 1.05. The maximum Gasteiger partial charge on any atom is 0.240 e. The van der Waals surface area contributed by atoms with Crippen molar-refractivity contribution in [3.8, 4) is 0 Å². The van der Waals surface area contributed by atoms with E-state index in [1.54, 1.807) is 25.3 Å². The molecule has 7 heteroatoms. The molecule has 0 spiro atoms. The fourth-order valence-electron chi connectivity index (χ4n) is 2.11. The monoisotopic (exact) mass is 344 g/mol. The number of carbonyl (C=O) groups excluding carboxylic acids is 2. The Morgan fingerprint density at radius 1 is 1.27 bits per heavy atom. The molecular formula is C15H18Cl2N2O3. The van der Waals surface area contributed by atoms with E-state index in [1.807, 2.05) is 0 Å². The van der Waals surface area contributed by atoms with E-state index in [4.69, 9.17) is 27.9 Å². The zero-order chi connectivity index (χ0) is 16.2. The highest BCUT2D eigenvalue weighted by molar-refractivity contribution is 6.44. The van der Waals surface area contributed by atoms with E-state index >= 15 is 0 Å². The number of methoxy groups -OCH3 is 1. The molecule has 0 aliphatic heterocycles. The average molecular weight is 345 g/mol. The molecule has 1 aliphatic rings. The fourth-order valence-corrected chi connectivity index (χ4v) is 2.46. The maximum atomic E-state index is 12.4. The van der Waals surface area contributed by atoms with E-state index in [0.29, 0.717) is 43.1 Å². The van der Waals surface area contributed by atoms with Crippen molar-refractivity contribution in [2.75, 3.05) is 25.6 Å². The molecule has 2 amide bonds. The lowest BCUT2D eigenvalue weighted by Crippen LogP contribution is -2.40. The SMILES string of the molecule is COCCCNC(=O)C1(C(=O)Nc2cccc(Cl)c2Cl)CC1. The van der Waals surface area contributed by atoms with Crippen LogP contribution in [0.4, 0.5) is 5.69 Å². The smallest absolute Gasteiger partial charge is 0.240 e. The zero-order valence-electron chi connectivity index (χ0n) is 12.2. The summed E-state index contributed by atoms with van der Waals surface area (Å²) in [4.78, 5) is 24.6. The van der Waals surface area contributed by atoms with Gasteiger partial charge in [0.1, 0.15) is 5.41 Å². The van der Waals surface area contributed by atoms with Crippen LogP contribution < -0.4 is 10.6 Å². The first kappa shape index (κ1) is 17.1. The molecule has 0 saturated heterocycles. The van der Waals surface area contributed by atoms with Crippen LogP contribution in [-0.2, 0) is 14.3 Å². The van der Waals surface area contributed by atoms with Crippen LogP contribution in [0.1, 0.15) is 19.3 Å². The second-order valence-electron chi connectivity index (χ2n) is 5.24. The molecule has 1 saturated carbocycles. The quantitative estimate of drug-likeness (QED) is 0.590. The van der Waals surface area contributed by atoms with Gasteiger partial charge in [-0.25, -0.2) is 0 Å². The van der Waals surface area contributed by atoms with E-state index in [1.165, 1.54) is 0 Å². The highest BCUT2D eigenvalue weighted by Gasteiger charge is 2.56. The summed E-state index contributed by atoms with van der Waals surface area (Å²) >= 11 is 12.0. The second kappa shape index (κ2) is 7.31. The summed E-state index contributed by atoms with van der Waals surface area (Å²) in [7, 11) is 1.60. The maximum absolute atomic E-state index is 12.4. The molecule has 0 aromatic heterocycles. The number of nitrogens with one attached hydrogen (secondary N) is 2. The van der Waals surface area contributed by atoms with Gasteiger partial charge in [0.25, 0.3) is 0 Å². The average Bonchev–Trinajstić information content (AvgIpc) is 3.30. The Balaban J connectivity index is 1.96. The molecule has 1 aliphatic carbocycles. The van der Waals surface area contributed by atoms with Gasteiger partial charge in [-0.3, -0.25) is 9.59 Å². The minimum absolute atomic E-state index is 0.251. The normalized spacial score (nSPS) is 15.2. The second-order valence-corrected chi connectivity index (χ2v) is 6.03. The summed E-state index contributed by atoms with van der Waals surface area (Å²) < 4.78 is 4.92. The summed E-state index contributed by atoms with van der Waals surface area (Å²) in [5.74, 6) is -0.597. The van der Waals surface area contributed by atoms with Crippen LogP contribution in [-0.4, -0.2) is 32.1 Å². The fraction of sp³-hybridized carbons (Fsp3) is 0.467. The van der Waals surface area contributed by atoms with Gasteiger partial charge in [-0.05, 0) is 31.4 Å². The Hall–Kier alpha value is -1.30. The largest absolute Gasteiger partial charge is 0.385 e. The minimum atomic E-state index is -0.987. The van der Waals surface area contributed by atoms with Crippen molar-refractivity contribution < 1.29 is 14.3 Å². The van der Waals surface area contributed by atoms with Crippen LogP contribution in [0.15, 0.2) is 18.2 Å².